The molecule has 0 bridgehead atoms. The SMILES string of the molecule is CC(=O)N[C@@H](CC(C)C)C(=O)N[C@H](C)C(=O)N[C@@H](CC(C)C)[C@@H](O)CC(=O)N[C@H](C(=O)NCc1cccc(C(=O)O)c1)C(C)C. The van der Waals surface area contributed by atoms with Crippen molar-refractivity contribution >= 4 is 35.5 Å². The van der Waals surface area contributed by atoms with E-state index in [1.54, 1.807) is 26.0 Å². The first-order chi connectivity index (χ1) is 20.9. The van der Waals surface area contributed by atoms with E-state index in [1.807, 2.05) is 27.7 Å². The van der Waals surface area contributed by atoms with Gasteiger partial charge in [0.05, 0.1) is 24.1 Å². The molecule has 1 aromatic carbocycles. The Morgan fingerprint density at radius 2 is 1.40 bits per heavy atom. The number of aromatic carboxylic acids is 1. The van der Waals surface area contributed by atoms with Gasteiger partial charge in [0.15, 0.2) is 0 Å². The fourth-order valence-corrected chi connectivity index (χ4v) is 4.67. The highest BCUT2D eigenvalue weighted by atomic mass is 16.4. The van der Waals surface area contributed by atoms with Gasteiger partial charge < -0.3 is 36.8 Å². The average molecular weight is 634 g/mol. The van der Waals surface area contributed by atoms with Gasteiger partial charge in [-0.3, -0.25) is 24.0 Å². The number of carbonyl (C=O) groups excluding carboxylic acids is 5. The Balaban J connectivity index is 2.85. The van der Waals surface area contributed by atoms with Crippen LogP contribution in [0.15, 0.2) is 24.3 Å². The lowest BCUT2D eigenvalue weighted by molar-refractivity contribution is -0.133. The molecule has 252 valence electrons. The molecule has 0 aliphatic rings. The molecule has 0 unspecified atom stereocenters. The minimum absolute atomic E-state index is 0.0434. The van der Waals surface area contributed by atoms with Crippen molar-refractivity contribution in [3.63, 3.8) is 0 Å². The van der Waals surface area contributed by atoms with Crippen LogP contribution < -0.4 is 26.6 Å². The lowest BCUT2D eigenvalue weighted by atomic mass is 9.96. The third kappa shape index (κ3) is 14.6. The predicted molar refractivity (Wildman–Crippen MR) is 169 cm³/mol. The minimum Gasteiger partial charge on any atom is -0.478 e. The van der Waals surface area contributed by atoms with Crippen molar-refractivity contribution in [2.45, 2.75) is 111 Å². The van der Waals surface area contributed by atoms with Crippen LogP contribution in [0.4, 0.5) is 0 Å². The second-order valence-electron chi connectivity index (χ2n) is 12.6. The van der Waals surface area contributed by atoms with E-state index in [9.17, 15) is 39.0 Å². The summed E-state index contributed by atoms with van der Waals surface area (Å²) in [5.74, 6) is -3.73. The maximum atomic E-state index is 13.0. The van der Waals surface area contributed by atoms with E-state index < -0.39 is 66.3 Å². The molecule has 0 heterocycles. The van der Waals surface area contributed by atoms with Crippen LogP contribution in [-0.4, -0.2) is 76.0 Å². The number of rotatable bonds is 18. The molecular weight excluding hydrogens is 582 g/mol. The Kier molecular flexibility index (Phi) is 16.2. The number of nitrogens with one attached hydrogen (secondary N) is 5. The van der Waals surface area contributed by atoms with Gasteiger partial charge in [-0.2, -0.15) is 0 Å². The fraction of sp³-hybridized carbons (Fsp3) is 0.625. The third-order valence-electron chi connectivity index (χ3n) is 6.97. The number of carboxylic acid groups (broad SMARTS) is 1. The summed E-state index contributed by atoms with van der Waals surface area (Å²) in [6.45, 7) is 14.0. The lowest BCUT2D eigenvalue weighted by Crippen LogP contribution is -2.56. The molecule has 45 heavy (non-hydrogen) atoms. The predicted octanol–water partition coefficient (Wildman–Crippen LogP) is 1.48. The van der Waals surface area contributed by atoms with Crippen LogP contribution in [0.2, 0.25) is 0 Å². The zero-order valence-electron chi connectivity index (χ0n) is 27.6. The van der Waals surface area contributed by atoms with Crippen LogP contribution in [-0.2, 0) is 30.5 Å². The summed E-state index contributed by atoms with van der Waals surface area (Å²) in [5.41, 5.74) is 0.667. The second kappa shape index (κ2) is 18.7. The molecule has 7 N–H and O–H groups in total. The summed E-state index contributed by atoms with van der Waals surface area (Å²) < 4.78 is 0. The molecule has 0 saturated carbocycles. The second-order valence-corrected chi connectivity index (χ2v) is 12.6. The monoisotopic (exact) mass is 633 g/mol. The van der Waals surface area contributed by atoms with Crippen LogP contribution >= 0.6 is 0 Å². The van der Waals surface area contributed by atoms with Gasteiger partial charge in [0.25, 0.3) is 0 Å². The summed E-state index contributed by atoms with van der Waals surface area (Å²) in [4.78, 5) is 74.5. The van der Waals surface area contributed by atoms with Crippen LogP contribution in [0.25, 0.3) is 0 Å². The maximum Gasteiger partial charge on any atom is 0.335 e. The number of carbonyl (C=O) groups is 6. The van der Waals surface area contributed by atoms with Crippen molar-refractivity contribution in [3.8, 4) is 0 Å². The van der Waals surface area contributed by atoms with E-state index in [2.05, 4.69) is 26.6 Å². The number of aliphatic hydroxyl groups is 1. The molecule has 1 aromatic rings. The average Bonchev–Trinajstić information content (AvgIpc) is 2.92. The van der Waals surface area contributed by atoms with E-state index in [0.717, 1.165) is 0 Å². The molecule has 0 saturated heterocycles. The molecule has 1 rings (SSSR count). The van der Waals surface area contributed by atoms with Crippen LogP contribution in [0.3, 0.4) is 0 Å². The van der Waals surface area contributed by atoms with E-state index in [4.69, 9.17) is 0 Å². The lowest BCUT2D eigenvalue weighted by Gasteiger charge is -2.28. The molecule has 5 atom stereocenters. The van der Waals surface area contributed by atoms with Crippen LogP contribution in [0.1, 0.15) is 90.6 Å². The Morgan fingerprint density at radius 3 is 1.93 bits per heavy atom. The highest BCUT2D eigenvalue weighted by Crippen LogP contribution is 2.13. The van der Waals surface area contributed by atoms with Gasteiger partial charge in [-0.15, -0.1) is 0 Å². The largest absolute Gasteiger partial charge is 0.478 e. The zero-order chi connectivity index (χ0) is 34.4. The number of amides is 5. The van der Waals surface area contributed by atoms with Gasteiger partial charge >= 0.3 is 5.97 Å². The Bertz CT molecular complexity index is 1190. The molecule has 5 amide bonds. The molecule has 13 heteroatoms. The third-order valence-corrected chi connectivity index (χ3v) is 6.97. The molecule has 0 aliphatic heterocycles. The first-order valence-electron chi connectivity index (χ1n) is 15.4. The summed E-state index contributed by atoms with van der Waals surface area (Å²) in [6, 6.07) is 2.60. The van der Waals surface area contributed by atoms with Crippen molar-refractivity contribution in [1.29, 1.82) is 0 Å². The first kappa shape index (κ1) is 39.0. The zero-order valence-corrected chi connectivity index (χ0v) is 27.6. The maximum absolute atomic E-state index is 13.0. The number of carboxylic acids is 1. The van der Waals surface area contributed by atoms with Gasteiger partial charge in [-0.1, -0.05) is 53.7 Å². The molecule has 0 radical (unpaired) electrons. The number of hydrogen-bond acceptors (Lipinski definition) is 7. The number of aliphatic hydroxyl groups excluding tert-OH is 1. The molecule has 0 aromatic heterocycles. The van der Waals surface area contributed by atoms with Crippen molar-refractivity contribution in [3.05, 3.63) is 35.4 Å². The summed E-state index contributed by atoms with van der Waals surface area (Å²) in [7, 11) is 0. The Hall–Kier alpha value is -4.00. The topological polar surface area (TPSA) is 203 Å². The molecule has 0 fully saturated rings. The standard InChI is InChI=1S/C32H51N5O8/c1-17(2)12-24(36-29(41)20(7)34-30(42)25(13-18(3)4)35-21(8)38)26(39)15-27(40)37-28(19(5)6)31(43)33-16-22-10-9-11-23(14-22)32(44)45/h9-11,14,17-20,24-26,28,39H,12-13,15-16H2,1-8H3,(H,33,43)(H,34,42)(H,35,38)(H,36,41)(H,37,40)(H,44,45)/t20-,24+,25+,26+,28+/m1/s1. The number of benzene rings is 1. The highest BCUT2D eigenvalue weighted by Gasteiger charge is 2.30. The summed E-state index contributed by atoms with van der Waals surface area (Å²) in [5, 5.41) is 33.5. The smallest absolute Gasteiger partial charge is 0.335 e. The number of hydrogen-bond donors (Lipinski definition) is 7. The van der Waals surface area contributed by atoms with Crippen molar-refractivity contribution in [2.75, 3.05) is 0 Å². The Morgan fingerprint density at radius 1 is 0.778 bits per heavy atom. The Labute approximate surface area is 265 Å². The molecular formula is C32H51N5O8. The van der Waals surface area contributed by atoms with E-state index in [-0.39, 0.29) is 35.8 Å². The van der Waals surface area contributed by atoms with E-state index in [0.29, 0.717) is 18.4 Å². The summed E-state index contributed by atoms with van der Waals surface area (Å²) >= 11 is 0. The van der Waals surface area contributed by atoms with Crippen molar-refractivity contribution < 1.29 is 39.0 Å². The van der Waals surface area contributed by atoms with Gasteiger partial charge in [0.2, 0.25) is 29.5 Å². The summed E-state index contributed by atoms with van der Waals surface area (Å²) in [6.07, 6.45) is -0.959. The first-order valence-corrected chi connectivity index (χ1v) is 15.4. The van der Waals surface area contributed by atoms with Crippen molar-refractivity contribution in [1.82, 2.24) is 26.6 Å². The van der Waals surface area contributed by atoms with Gasteiger partial charge in [-0.25, -0.2) is 4.79 Å². The fourth-order valence-electron chi connectivity index (χ4n) is 4.67. The quantitative estimate of drug-likeness (QED) is 0.126. The van der Waals surface area contributed by atoms with Crippen molar-refractivity contribution in [2.24, 2.45) is 17.8 Å². The van der Waals surface area contributed by atoms with Gasteiger partial charge in [0, 0.05) is 13.5 Å². The van der Waals surface area contributed by atoms with Gasteiger partial charge in [0.1, 0.15) is 18.1 Å². The molecule has 0 spiro atoms. The minimum atomic E-state index is -1.29. The van der Waals surface area contributed by atoms with Crippen LogP contribution in [0, 0.1) is 17.8 Å². The molecule has 0 aliphatic carbocycles. The van der Waals surface area contributed by atoms with E-state index in [1.165, 1.54) is 26.0 Å². The van der Waals surface area contributed by atoms with E-state index >= 15 is 0 Å². The normalized spacial score (nSPS) is 14.6. The molecule has 13 nitrogen and oxygen atoms in total. The van der Waals surface area contributed by atoms with Gasteiger partial charge in [-0.05, 0) is 55.2 Å². The van der Waals surface area contributed by atoms with Crippen LogP contribution in [0.5, 0.6) is 0 Å². The highest BCUT2D eigenvalue weighted by molar-refractivity contribution is 5.92.